The SMILES string of the molecule is CN(C)c1ccc(/C=C(/C#N)c2ccc(Br)cc2)cc1Br. The van der Waals surface area contributed by atoms with Gasteiger partial charge in [0.05, 0.1) is 17.3 Å². The van der Waals surface area contributed by atoms with Crippen LogP contribution in [0.5, 0.6) is 0 Å². The average Bonchev–Trinajstić information content (AvgIpc) is 2.45. The summed E-state index contributed by atoms with van der Waals surface area (Å²) in [7, 11) is 4.00. The third-order valence-electron chi connectivity index (χ3n) is 3.04. The summed E-state index contributed by atoms with van der Waals surface area (Å²) >= 11 is 6.97. The van der Waals surface area contributed by atoms with Gasteiger partial charge in [-0.15, -0.1) is 0 Å². The highest BCUT2D eigenvalue weighted by Crippen LogP contribution is 2.28. The summed E-state index contributed by atoms with van der Waals surface area (Å²) < 4.78 is 2.01. The zero-order valence-electron chi connectivity index (χ0n) is 11.8. The van der Waals surface area contributed by atoms with Crippen LogP contribution in [0.25, 0.3) is 11.6 Å². The number of benzene rings is 2. The molecule has 0 aromatic heterocycles. The van der Waals surface area contributed by atoms with Gasteiger partial charge in [-0.2, -0.15) is 5.26 Å². The number of rotatable bonds is 3. The Bertz CT molecular complexity index is 711. The predicted molar refractivity (Wildman–Crippen MR) is 96.1 cm³/mol. The van der Waals surface area contributed by atoms with Crippen molar-refractivity contribution in [3.8, 4) is 6.07 Å². The van der Waals surface area contributed by atoms with Crippen LogP contribution >= 0.6 is 31.9 Å². The Hall–Kier alpha value is -1.57. The lowest BCUT2D eigenvalue weighted by molar-refractivity contribution is 1.12. The molecule has 0 fully saturated rings. The van der Waals surface area contributed by atoms with Crippen molar-refractivity contribution in [1.82, 2.24) is 0 Å². The van der Waals surface area contributed by atoms with Crippen LogP contribution < -0.4 is 4.90 Å². The van der Waals surface area contributed by atoms with Crippen molar-refractivity contribution in [3.05, 3.63) is 62.5 Å². The average molecular weight is 406 g/mol. The van der Waals surface area contributed by atoms with Gasteiger partial charge in [-0.25, -0.2) is 0 Å². The van der Waals surface area contributed by atoms with E-state index in [4.69, 9.17) is 0 Å². The number of hydrogen-bond acceptors (Lipinski definition) is 2. The molecule has 0 N–H and O–H groups in total. The number of anilines is 1. The normalized spacial score (nSPS) is 11.1. The van der Waals surface area contributed by atoms with E-state index in [1.165, 1.54) is 0 Å². The van der Waals surface area contributed by atoms with Gasteiger partial charge in [0.2, 0.25) is 0 Å². The molecule has 0 aliphatic carbocycles. The molecule has 0 amide bonds. The zero-order valence-corrected chi connectivity index (χ0v) is 14.9. The minimum atomic E-state index is 0.645. The number of nitriles is 1. The molecule has 0 unspecified atom stereocenters. The lowest BCUT2D eigenvalue weighted by atomic mass is 10.0. The maximum Gasteiger partial charge on any atom is 0.0998 e. The molecule has 2 aromatic carbocycles. The van der Waals surface area contributed by atoms with E-state index in [-0.39, 0.29) is 0 Å². The number of hydrogen-bond donors (Lipinski definition) is 0. The van der Waals surface area contributed by atoms with E-state index in [1.807, 2.05) is 67.5 Å². The monoisotopic (exact) mass is 404 g/mol. The molecule has 0 aliphatic heterocycles. The Kier molecular flexibility index (Phi) is 5.22. The number of nitrogens with zero attached hydrogens (tertiary/aromatic N) is 2. The minimum Gasteiger partial charge on any atom is -0.377 e. The van der Waals surface area contributed by atoms with Crippen molar-refractivity contribution in [3.63, 3.8) is 0 Å². The van der Waals surface area contributed by atoms with E-state index in [0.29, 0.717) is 5.57 Å². The van der Waals surface area contributed by atoms with Crippen LogP contribution in [-0.4, -0.2) is 14.1 Å². The van der Waals surface area contributed by atoms with Crippen molar-refractivity contribution in [2.24, 2.45) is 0 Å². The molecule has 2 nitrogen and oxygen atoms in total. The molecular weight excluding hydrogens is 392 g/mol. The molecule has 0 bridgehead atoms. The fourth-order valence-electron chi connectivity index (χ4n) is 1.95. The quantitative estimate of drug-likeness (QED) is 0.508. The van der Waals surface area contributed by atoms with Gasteiger partial charge < -0.3 is 4.90 Å². The van der Waals surface area contributed by atoms with Crippen LogP contribution in [0.3, 0.4) is 0 Å². The number of halogens is 2. The molecule has 0 saturated carbocycles. The first kappa shape index (κ1) is 15.8. The third-order valence-corrected chi connectivity index (χ3v) is 4.20. The first-order valence-corrected chi connectivity index (χ1v) is 7.94. The molecule has 2 aromatic rings. The summed E-state index contributed by atoms with van der Waals surface area (Å²) in [6.07, 6.45) is 1.90. The maximum atomic E-state index is 9.37. The Balaban J connectivity index is 2.39. The first-order valence-electron chi connectivity index (χ1n) is 6.36. The van der Waals surface area contributed by atoms with Crippen LogP contribution in [0.4, 0.5) is 5.69 Å². The van der Waals surface area contributed by atoms with Crippen LogP contribution in [0.15, 0.2) is 51.4 Å². The van der Waals surface area contributed by atoms with E-state index >= 15 is 0 Å². The van der Waals surface area contributed by atoms with Crippen LogP contribution in [0.1, 0.15) is 11.1 Å². The highest BCUT2D eigenvalue weighted by molar-refractivity contribution is 9.10. The van der Waals surface area contributed by atoms with E-state index in [9.17, 15) is 5.26 Å². The van der Waals surface area contributed by atoms with Crippen LogP contribution in [-0.2, 0) is 0 Å². The van der Waals surface area contributed by atoms with Gasteiger partial charge in [0.25, 0.3) is 0 Å². The van der Waals surface area contributed by atoms with Gasteiger partial charge in [0.15, 0.2) is 0 Å². The predicted octanol–water partition coefficient (Wildman–Crippen LogP) is 5.34. The molecule has 0 aliphatic rings. The van der Waals surface area contributed by atoms with Crippen molar-refractivity contribution in [2.45, 2.75) is 0 Å². The smallest absolute Gasteiger partial charge is 0.0998 e. The summed E-state index contributed by atoms with van der Waals surface area (Å²) in [5.41, 5.74) is 3.65. The largest absolute Gasteiger partial charge is 0.377 e. The Morgan fingerprint density at radius 3 is 2.29 bits per heavy atom. The van der Waals surface area contributed by atoms with E-state index in [0.717, 1.165) is 25.8 Å². The standard InChI is InChI=1S/C17H14Br2N2/c1-21(2)17-8-3-12(10-16(17)19)9-14(11-20)13-4-6-15(18)7-5-13/h3-10H,1-2H3/b14-9-. The van der Waals surface area contributed by atoms with Crippen LogP contribution in [0, 0.1) is 11.3 Å². The second-order valence-electron chi connectivity index (χ2n) is 4.78. The van der Waals surface area contributed by atoms with Crippen LogP contribution in [0.2, 0.25) is 0 Å². The summed E-state index contributed by atoms with van der Waals surface area (Å²) in [5.74, 6) is 0. The Labute approximate surface area is 142 Å². The second kappa shape index (κ2) is 6.93. The molecule has 0 heterocycles. The van der Waals surface area contributed by atoms with E-state index in [1.54, 1.807) is 0 Å². The molecule has 0 atom stereocenters. The maximum absolute atomic E-state index is 9.37. The van der Waals surface area contributed by atoms with E-state index in [2.05, 4.69) is 37.9 Å². The molecule has 4 heteroatoms. The fourth-order valence-corrected chi connectivity index (χ4v) is 2.97. The molecule has 2 rings (SSSR count). The highest BCUT2D eigenvalue weighted by Gasteiger charge is 2.05. The van der Waals surface area contributed by atoms with Gasteiger partial charge in [-0.05, 0) is 57.4 Å². The molecular formula is C17H14Br2N2. The topological polar surface area (TPSA) is 27.0 Å². The van der Waals surface area contributed by atoms with Gasteiger partial charge >= 0.3 is 0 Å². The summed E-state index contributed by atoms with van der Waals surface area (Å²) in [6, 6.07) is 16.1. The lowest BCUT2D eigenvalue weighted by Gasteiger charge is -2.14. The molecule has 21 heavy (non-hydrogen) atoms. The zero-order chi connectivity index (χ0) is 15.4. The highest BCUT2D eigenvalue weighted by atomic mass is 79.9. The van der Waals surface area contributed by atoms with Crippen molar-refractivity contribution in [2.75, 3.05) is 19.0 Å². The van der Waals surface area contributed by atoms with Gasteiger partial charge in [0, 0.05) is 23.0 Å². The van der Waals surface area contributed by atoms with Gasteiger partial charge in [-0.1, -0.05) is 34.1 Å². The molecule has 106 valence electrons. The lowest BCUT2D eigenvalue weighted by Crippen LogP contribution is -2.09. The minimum absolute atomic E-state index is 0.645. The van der Waals surface area contributed by atoms with Crippen molar-refractivity contribution in [1.29, 1.82) is 5.26 Å². The van der Waals surface area contributed by atoms with Crippen molar-refractivity contribution < 1.29 is 0 Å². The molecule has 0 spiro atoms. The van der Waals surface area contributed by atoms with Crippen molar-refractivity contribution >= 4 is 49.2 Å². The second-order valence-corrected chi connectivity index (χ2v) is 6.55. The fraction of sp³-hybridized carbons (Fsp3) is 0.118. The van der Waals surface area contributed by atoms with E-state index < -0.39 is 0 Å². The summed E-state index contributed by atoms with van der Waals surface area (Å²) in [6.45, 7) is 0. The Morgan fingerprint density at radius 2 is 1.76 bits per heavy atom. The molecule has 0 radical (unpaired) electrons. The Morgan fingerprint density at radius 1 is 1.10 bits per heavy atom. The van der Waals surface area contributed by atoms with Gasteiger partial charge in [0.1, 0.15) is 0 Å². The number of allylic oxidation sites excluding steroid dienone is 1. The molecule has 0 saturated heterocycles. The third kappa shape index (κ3) is 3.96. The summed E-state index contributed by atoms with van der Waals surface area (Å²) in [4.78, 5) is 2.04. The first-order chi connectivity index (χ1) is 10.0. The van der Waals surface area contributed by atoms with Gasteiger partial charge in [-0.3, -0.25) is 0 Å². The summed E-state index contributed by atoms with van der Waals surface area (Å²) in [5, 5.41) is 9.37.